The summed E-state index contributed by atoms with van der Waals surface area (Å²) in [5.41, 5.74) is 0. The highest BCUT2D eigenvalue weighted by atomic mass is 32.2. The van der Waals surface area contributed by atoms with Gasteiger partial charge in [0, 0.05) is 96.1 Å². The van der Waals surface area contributed by atoms with E-state index in [0.29, 0.717) is 50.7 Å². The molecule has 0 unspecified atom stereocenters. The Bertz CT molecular complexity index is 1150. The van der Waals surface area contributed by atoms with Crippen LogP contribution in [0.3, 0.4) is 0 Å². The van der Waals surface area contributed by atoms with E-state index in [4.69, 9.17) is 4.74 Å². The minimum Gasteiger partial charge on any atom is -0.379 e. The second-order valence-electron chi connectivity index (χ2n) is 18.4. The Labute approximate surface area is 378 Å². The molecule has 0 bridgehead atoms. The van der Waals surface area contributed by atoms with Crippen molar-refractivity contribution in [2.24, 2.45) is 0 Å². The predicted octanol–water partition coefficient (Wildman–Crippen LogP) is 5.43. The van der Waals surface area contributed by atoms with Crippen LogP contribution in [0.25, 0.3) is 0 Å². The maximum Gasteiger partial charge on any atom is 0.261 e. The third kappa shape index (κ3) is 33.9. The molecule has 0 amide bonds. The lowest BCUT2D eigenvalue weighted by atomic mass is 10.1. The van der Waals surface area contributed by atoms with Crippen molar-refractivity contribution in [3.8, 4) is 0 Å². The topological polar surface area (TPSA) is 69.3 Å². The predicted molar refractivity (Wildman–Crippen MR) is 248 cm³/mol. The zero-order valence-electron chi connectivity index (χ0n) is 40.0. The molecule has 8 saturated heterocycles. The fourth-order valence-electron chi connectivity index (χ4n) is 7.05. The third-order valence-corrected chi connectivity index (χ3v) is 14.2. The monoisotopic (exact) mass is 943 g/mol. The molecule has 8 fully saturated rings. The lowest BCUT2D eigenvalue weighted by Gasteiger charge is -2.28. The van der Waals surface area contributed by atoms with Crippen LogP contribution in [0.1, 0.15) is 64.2 Å². The van der Waals surface area contributed by atoms with E-state index < -0.39 is 27.6 Å². The normalized spacial score (nSPS) is 27.1. The largest absolute Gasteiger partial charge is 0.379 e. The third-order valence-electron chi connectivity index (χ3n) is 11.6. The average Bonchev–Trinajstić information content (AvgIpc) is 3.82. The number of morpholine rings is 1. The molecular formula is C43H88F6N8O3S2. The Hall–Kier alpha value is -0.480. The molecule has 8 rings (SSSR count). The Morgan fingerprint density at radius 2 is 0.726 bits per heavy atom. The van der Waals surface area contributed by atoms with Crippen molar-refractivity contribution >= 4 is 21.6 Å². The zero-order valence-corrected chi connectivity index (χ0v) is 41.6. The van der Waals surface area contributed by atoms with Crippen molar-refractivity contribution in [3.63, 3.8) is 0 Å². The van der Waals surface area contributed by atoms with Gasteiger partial charge in [-0.3, -0.25) is 0 Å². The van der Waals surface area contributed by atoms with E-state index in [1.165, 1.54) is 82.9 Å². The van der Waals surface area contributed by atoms with Gasteiger partial charge in [-0.1, -0.05) is 6.42 Å². The second kappa shape index (κ2) is 32.3. The standard InChI is InChI=1S/2C6H11F2N.C6H13N.C5H9F2N.C5H11NO2S.C5H11NO.C5H11NS.C5H11N/c1-9-4-2-6(7,8)3-5-9;1-9-4-2-3-6(7,8)5-9;1-7-5-3-2-4-6-7;1-8-3-2-5(6,7)4-8;1-6-2-4-9(7,8)5-3-6;2*1-6-2-4-7-5-3-6;1-6-4-2-3-5-6/h2*2-5H2,1H3;2-6H2,1H3;2-4H2,1H3;2-5H2,1H3;2*2-5H2,1H3;2-5H2,1H3. The van der Waals surface area contributed by atoms with Crippen molar-refractivity contribution in [3.05, 3.63) is 0 Å². The summed E-state index contributed by atoms with van der Waals surface area (Å²) in [5.74, 6) is -3.88. The van der Waals surface area contributed by atoms with Crippen LogP contribution in [-0.2, 0) is 14.6 Å². The molecule has 0 aromatic heterocycles. The molecule has 0 aliphatic carbocycles. The molecule has 0 aromatic carbocycles. The van der Waals surface area contributed by atoms with Gasteiger partial charge in [-0.25, -0.2) is 34.8 Å². The van der Waals surface area contributed by atoms with Crippen LogP contribution in [0.5, 0.6) is 0 Å². The van der Waals surface area contributed by atoms with Gasteiger partial charge in [0.25, 0.3) is 17.8 Å². The van der Waals surface area contributed by atoms with E-state index in [1.807, 2.05) is 23.9 Å². The van der Waals surface area contributed by atoms with Crippen LogP contribution in [0.4, 0.5) is 26.3 Å². The van der Waals surface area contributed by atoms with E-state index in [1.54, 1.807) is 23.9 Å². The van der Waals surface area contributed by atoms with E-state index in [2.05, 4.69) is 59.6 Å². The van der Waals surface area contributed by atoms with Gasteiger partial charge < -0.3 is 43.9 Å². The molecule has 8 aliphatic heterocycles. The van der Waals surface area contributed by atoms with Crippen LogP contribution in [-0.4, -0.2) is 263 Å². The van der Waals surface area contributed by atoms with Crippen LogP contribution >= 0.6 is 11.8 Å². The molecule has 8 aliphatic rings. The van der Waals surface area contributed by atoms with Gasteiger partial charge in [0.05, 0.1) is 37.8 Å². The minimum absolute atomic E-state index is 0.0312. The van der Waals surface area contributed by atoms with Gasteiger partial charge in [-0.05, 0) is 121 Å². The smallest absolute Gasteiger partial charge is 0.261 e. The summed E-state index contributed by atoms with van der Waals surface area (Å²) in [6, 6.07) is 0. The SMILES string of the molecule is CN1CCC(F)(F)C1.CN1CCC(F)(F)CC1.CN1CCCC(F)(F)C1.CN1CCCC1.CN1CCCCC1.CN1CCOCC1.CN1CCS(=O)(=O)CC1.CN1CCSCC1. The van der Waals surface area contributed by atoms with Gasteiger partial charge in [-0.2, -0.15) is 11.8 Å². The highest BCUT2D eigenvalue weighted by molar-refractivity contribution is 7.99. The molecule has 62 heavy (non-hydrogen) atoms. The van der Waals surface area contributed by atoms with Crippen molar-refractivity contribution in [2.45, 2.75) is 82.0 Å². The Kier molecular flexibility index (Phi) is 31.0. The van der Waals surface area contributed by atoms with Crippen LogP contribution < -0.4 is 0 Å². The second-order valence-corrected chi connectivity index (χ2v) is 21.9. The first kappa shape index (κ1) is 59.5. The van der Waals surface area contributed by atoms with Crippen LogP contribution in [0.15, 0.2) is 0 Å². The summed E-state index contributed by atoms with van der Waals surface area (Å²) >= 11 is 2.06. The quantitative estimate of drug-likeness (QED) is 0.292. The summed E-state index contributed by atoms with van der Waals surface area (Å²) in [6.07, 6.45) is 7.89. The molecule has 0 aromatic rings. The lowest BCUT2D eigenvalue weighted by Crippen LogP contribution is -2.39. The number of piperidine rings is 3. The molecule has 11 nitrogen and oxygen atoms in total. The van der Waals surface area contributed by atoms with Crippen molar-refractivity contribution in [1.29, 1.82) is 0 Å². The maximum atomic E-state index is 12.4. The number of likely N-dealkylation sites (N-methyl/N-ethyl adjacent to an activating group) is 1. The van der Waals surface area contributed by atoms with Gasteiger partial charge in [0.2, 0.25) is 0 Å². The van der Waals surface area contributed by atoms with Gasteiger partial charge in [0.15, 0.2) is 9.84 Å². The number of sulfone groups is 1. The molecular weight excluding hydrogens is 855 g/mol. The Morgan fingerprint density at radius 1 is 0.387 bits per heavy atom. The van der Waals surface area contributed by atoms with Crippen molar-refractivity contribution in [1.82, 2.24) is 39.2 Å². The Morgan fingerprint density at radius 3 is 0.984 bits per heavy atom. The van der Waals surface area contributed by atoms with E-state index in [-0.39, 0.29) is 38.8 Å². The summed E-state index contributed by atoms with van der Waals surface area (Å²) in [5, 5.41) is 0. The van der Waals surface area contributed by atoms with E-state index in [9.17, 15) is 34.8 Å². The van der Waals surface area contributed by atoms with Gasteiger partial charge in [-0.15, -0.1) is 0 Å². The average molecular weight is 943 g/mol. The number of likely N-dealkylation sites (tertiary alicyclic amines) is 5. The lowest BCUT2D eigenvalue weighted by molar-refractivity contribution is -0.0571. The first-order valence-corrected chi connectivity index (χ1v) is 25.9. The summed E-state index contributed by atoms with van der Waals surface area (Å²) in [4.78, 5) is 16.7. The number of nitrogens with zero attached hydrogens (tertiary/aromatic N) is 8. The molecule has 372 valence electrons. The molecule has 0 N–H and O–H groups in total. The van der Waals surface area contributed by atoms with Crippen LogP contribution in [0, 0.1) is 0 Å². The molecule has 19 heteroatoms. The number of rotatable bonds is 0. The fraction of sp³-hybridized carbons (Fsp3) is 1.00. The summed E-state index contributed by atoms with van der Waals surface area (Å²) < 4.78 is 100. The molecule has 0 radical (unpaired) electrons. The molecule has 0 spiro atoms. The zero-order chi connectivity index (χ0) is 46.7. The summed E-state index contributed by atoms with van der Waals surface area (Å²) in [6.45, 7) is 15.6. The highest BCUT2D eigenvalue weighted by Crippen LogP contribution is 2.27. The molecule has 0 saturated carbocycles. The number of halogens is 6. The minimum atomic E-state index is -2.66. The van der Waals surface area contributed by atoms with Gasteiger partial charge >= 0.3 is 0 Å². The molecule has 8 heterocycles. The highest BCUT2D eigenvalue weighted by Gasteiger charge is 2.36. The number of hydrogen-bond acceptors (Lipinski definition) is 12. The molecule has 0 atom stereocenters. The number of alkyl halides is 6. The van der Waals surface area contributed by atoms with E-state index >= 15 is 0 Å². The first-order valence-electron chi connectivity index (χ1n) is 23.0. The number of thioether (sulfide) groups is 1. The van der Waals surface area contributed by atoms with Crippen molar-refractivity contribution in [2.75, 3.05) is 197 Å². The van der Waals surface area contributed by atoms with Crippen molar-refractivity contribution < 1.29 is 39.5 Å². The summed E-state index contributed by atoms with van der Waals surface area (Å²) in [7, 11) is 13.3. The Balaban J connectivity index is 0.000000355. The van der Waals surface area contributed by atoms with E-state index in [0.717, 1.165) is 32.8 Å². The van der Waals surface area contributed by atoms with Crippen LogP contribution in [0.2, 0.25) is 0 Å². The van der Waals surface area contributed by atoms with Gasteiger partial charge in [0.1, 0.15) is 0 Å². The maximum absolute atomic E-state index is 12.4. The number of hydrogen-bond donors (Lipinski definition) is 0. The first-order chi connectivity index (χ1) is 29.0. The fourth-order valence-corrected chi connectivity index (χ4v) is 9.52. The number of ether oxygens (including phenoxy) is 1.